The Bertz CT molecular complexity index is 256. The molecule has 1 nitrogen and oxygen atoms in total. The molecule has 0 bridgehead atoms. The van der Waals surface area contributed by atoms with Crippen LogP contribution in [0.15, 0.2) is 35.2 Å². The van der Waals surface area contributed by atoms with Crippen molar-refractivity contribution in [1.82, 2.24) is 0 Å². The number of hydrogen-bond donors (Lipinski definition) is 1. The molecule has 0 aromatic heterocycles. The zero-order valence-electron chi connectivity index (χ0n) is 9.65. The van der Waals surface area contributed by atoms with Gasteiger partial charge < -0.3 is 5.73 Å². The number of benzene rings is 1. The van der Waals surface area contributed by atoms with E-state index in [9.17, 15) is 0 Å². The summed E-state index contributed by atoms with van der Waals surface area (Å²) in [4.78, 5) is 1.33. The van der Waals surface area contributed by atoms with Gasteiger partial charge in [-0.05, 0) is 18.1 Å². The molecule has 0 fully saturated rings. The van der Waals surface area contributed by atoms with E-state index in [1.807, 2.05) is 11.8 Å². The zero-order chi connectivity index (χ0) is 11.1. The Balaban J connectivity index is 2.61. The summed E-state index contributed by atoms with van der Waals surface area (Å²) in [6.07, 6.45) is 2.44. The Hall–Kier alpha value is -0.470. The van der Waals surface area contributed by atoms with E-state index in [0.29, 0.717) is 5.25 Å². The van der Waals surface area contributed by atoms with Crippen molar-refractivity contribution in [3.63, 3.8) is 0 Å². The fourth-order valence-corrected chi connectivity index (χ4v) is 3.16. The van der Waals surface area contributed by atoms with Crippen molar-refractivity contribution < 1.29 is 0 Å². The minimum absolute atomic E-state index is 0.558. The summed E-state index contributed by atoms with van der Waals surface area (Å²) < 4.78 is 0. The van der Waals surface area contributed by atoms with Crippen LogP contribution in [0.2, 0.25) is 0 Å². The van der Waals surface area contributed by atoms with E-state index in [1.54, 1.807) is 0 Å². The molecular formula is C13H21NS. The summed E-state index contributed by atoms with van der Waals surface area (Å²) in [5.74, 6) is 0.736. The van der Waals surface area contributed by atoms with Crippen LogP contribution in [0.25, 0.3) is 0 Å². The van der Waals surface area contributed by atoms with Crippen LogP contribution in [0.5, 0.6) is 0 Å². The molecule has 2 N–H and O–H groups in total. The van der Waals surface area contributed by atoms with Crippen LogP contribution in [0.3, 0.4) is 0 Å². The number of hydrogen-bond acceptors (Lipinski definition) is 2. The highest BCUT2D eigenvalue weighted by atomic mass is 32.2. The van der Waals surface area contributed by atoms with Gasteiger partial charge >= 0.3 is 0 Å². The largest absolute Gasteiger partial charge is 0.329 e. The van der Waals surface area contributed by atoms with Crippen molar-refractivity contribution >= 4 is 11.8 Å². The summed E-state index contributed by atoms with van der Waals surface area (Å²) in [5.41, 5.74) is 5.85. The summed E-state index contributed by atoms with van der Waals surface area (Å²) in [5, 5.41) is 0.558. The second-order valence-corrected chi connectivity index (χ2v) is 5.09. The van der Waals surface area contributed by atoms with Crippen LogP contribution in [-0.2, 0) is 0 Å². The van der Waals surface area contributed by atoms with Gasteiger partial charge in [-0.2, -0.15) is 0 Å². The third-order valence-electron chi connectivity index (χ3n) is 2.84. The lowest BCUT2D eigenvalue weighted by molar-refractivity contribution is 0.475. The molecule has 0 saturated carbocycles. The number of nitrogens with two attached hydrogens (primary N) is 1. The minimum Gasteiger partial charge on any atom is -0.329 e. The molecular weight excluding hydrogens is 202 g/mol. The minimum atomic E-state index is 0.558. The standard InChI is InChI=1S/C13H21NS/c1-3-11(4-2)13(10-14)15-12-8-6-5-7-9-12/h5-9,11,13H,3-4,10,14H2,1-2H3. The molecule has 1 atom stereocenters. The molecule has 2 heteroatoms. The van der Waals surface area contributed by atoms with E-state index in [4.69, 9.17) is 5.73 Å². The molecule has 0 heterocycles. The van der Waals surface area contributed by atoms with Gasteiger partial charge in [-0.3, -0.25) is 0 Å². The molecule has 15 heavy (non-hydrogen) atoms. The van der Waals surface area contributed by atoms with Crippen LogP contribution < -0.4 is 5.73 Å². The number of rotatable bonds is 6. The summed E-state index contributed by atoms with van der Waals surface area (Å²) in [6, 6.07) is 10.6. The van der Waals surface area contributed by atoms with E-state index in [2.05, 4.69) is 44.2 Å². The SMILES string of the molecule is CCC(CC)C(CN)Sc1ccccc1. The molecule has 0 aliphatic rings. The molecule has 0 amide bonds. The summed E-state index contributed by atoms with van der Waals surface area (Å²) >= 11 is 1.92. The Kier molecular flexibility index (Phi) is 5.81. The molecule has 0 aliphatic carbocycles. The smallest absolute Gasteiger partial charge is 0.0245 e. The van der Waals surface area contributed by atoms with Crippen molar-refractivity contribution in [1.29, 1.82) is 0 Å². The molecule has 0 radical (unpaired) electrons. The first-order valence-corrected chi connectivity index (χ1v) is 6.61. The maximum atomic E-state index is 5.85. The topological polar surface area (TPSA) is 26.0 Å². The Labute approximate surface area is 97.4 Å². The molecule has 0 spiro atoms. The lowest BCUT2D eigenvalue weighted by Crippen LogP contribution is -2.25. The second kappa shape index (κ2) is 6.91. The molecule has 1 rings (SSSR count). The van der Waals surface area contributed by atoms with Gasteiger partial charge in [-0.1, -0.05) is 44.9 Å². The molecule has 1 unspecified atom stereocenters. The van der Waals surface area contributed by atoms with E-state index >= 15 is 0 Å². The quantitative estimate of drug-likeness (QED) is 0.746. The van der Waals surface area contributed by atoms with Crippen molar-refractivity contribution in [2.75, 3.05) is 6.54 Å². The third kappa shape index (κ3) is 3.88. The van der Waals surface area contributed by atoms with E-state index in [0.717, 1.165) is 12.5 Å². The molecule has 0 aliphatic heterocycles. The molecule has 0 saturated heterocycles. The molecule has 1 aromatic carbocycles. The van der Waals surface area contributed by atoms with Crippen molar-refractivity contribution in [3.8, 4) is 0 Å². The van der Waals surface area contributed by atoms with Gasteiger partial charge in [-0.25, -0.2) is 0 Å². The fraction of sp³-hybridized carbons (Fsp3) is 0.538. The Morgan fingerprint density at radius 3 is 2.20 bits per heavy atom. The monoisotopic (exact) mass is 223 g/mol. The first-order valence-electron chi connectivity index (χ1n) is 5.73. The Morgan fingerprint density at radius 1 is 1.13 bits per heavy atom. The van der Waals surface area contributed by atoms with Gasteiger partial charge in [0.2, 0.25) is 0 Å². The second-order valence-electron chi connectivity index (χ2n) is 3.78. The molecule has 84 valence electrons. The van der Waals surface area contributed by atoms with Gasteiger partial charge in [0.25, 0.3) is 0 Å². The highest BCUT2D eigenvalue weighted by Gasteiger charge is 2.17. The van der Waals surface area contributed by atoms with Crippen molar-refractivity contribution in [3.05, 3.63) is 30.3 Å². The van der Waals surface area contributed by atoms with Crippen molar-refractivity contribution in [2.45, 2.75) is 36.8 Å². The van der Waals surface area contributed by atoms with Crippen LogP contribution >= 0.6 is 11.8 Å². The number of thioether (sulfide) groups is 1. The highest BCUT2D eigenvalue weighted by Crippen LogP contribution is 2.30. The van der Waals surface area contributed by atoms with E-state index < -0.39 is 0 Å². The lowest BCUT2D eigenvalue weighted by atomic mass is 9.99. The van der Waals surface area contributed by atoms with Gasteiger partial charge in [0, 0.05) is 16.7 Å². The van der Waals surface area contributed by atoms with Gasteiger partial charge in [0.05, 0.1) is 0 Å². The summed E-state index contributed by atoms with van der Waals surface area (Å²) in [7, 11) is 0. The third-order valence-corrected chi connectivity index (χ3v) is 4.26. The average molecular weight is 223 g/mol. The maximum Gasteiger partial charge on any atom is 0.0245 e. The first kappa shape index (κ1) is 12.6. The van der Waals surface area contributed by atoms with E-state index in [-0.39, 0.29) is 0 Å². The van der Waals surface area contributed by atoms with Gasteiger partial charge in [0.1, 0.15) is 0 Å². The van der Waals surface area contributed by atoms with Gasteiger partial charge in [0.15, 0.2) is 0 Å². The zero-order valence-corrected chi connectivity index (χ0v) is 10.5. The first-order chi connectivity index (χ1) is 7.31. The molecule has 1 aromatic rings. The van der Waals surface area contributed by atoms with Crippen LogP contribution in [0.4, 0.5) is 0 Å². The normalized spacial score (nSPS) is 13.1. The average Bonchev–Trinajstić information content (AvgIpc) is 2.30. The fourth-order valence-electron chi connectivity index (χ4n) is 1.83. The predicted octanol–water partition coefficient (Wildman–Crippen LogP) is 3.54. The highest BCUT2D eigenvalue weighted by molar-refractivity contribution is 8.00. The summed E-state index contributed by atoms with van der Waals surface area (Å²) in [6.45, 7) is 5.27. The van der Waals surface area contributed by atoms with Gasteiger partial charge in [-0.15, -0.1) is 11.8 Å². The van der Waals surface area contributed by atoms with E-state index in [1.165, 1.54) is 17.7 Å². The maximum absolute atomic E-state index is 5.85. The van der Waals surface area contributed by atoms with Crippen LogP contribution in [-0.4, -0.2) is 11.8 Å². The van der Waals surface area contributed by atoms with Crippen molar-refractivity contribution in [2.24, 2.45) is 11.7 Å². The van der Waals surface area contributed by atoms with Crippen LogP contribution in [0, 0.1) is 5.92 Å². The van der Waals surface area contributed by atoms with Crippen LogP contribution in [0.1, 0.15) is 26.7 Å². The Morgan fingerprint density at radius 2 is 1.73 bits per heavy atom. The predicted molar refractivity (Wildman–Crippen MR) is 69.2 cm³/mol. The lowest BCUT2D eigenvalue weighted by Gasteiger charge is -2.23.